The molecule has 1 aromatic rings. The largest absolute Gasteiger partial charge is 0.361 e. The molecule has 6 nitrogen and oxygen atoms in total. The fraction of sp³-hybridized carbons (Fsp3) is 0.786. The third-order valence-corrected chi connectivity index (χ3v) is 5.12. The zero-order valence-corrected chi connectivity index (χ0v) is 12.3. The molecule has 0 spiro atoms. The molecule has 2 aliphatic rings. The number of fused-ring (bicyclic) bond motifs is 2. The van der Waals surface area contributed by atoms with Crippen molar-refractivity contribution in [1.29, 1.82) is 0 Å². The summed E-state index contributed by atoms with van der Waals surface area (Å²) in [5.41, 5.74) is -0.740. The Kier molecular flexibility index (Phi) is 3.18. The maximum atomic E-state index is 12.1. The van der Waals surface area contributed by atoms with Gasteiger partial charge in [0.1, 0.15) is 0 Å². The van der Waals surface area contributed by atoms with Gasteiger partial charge in [-0.15, -0.1) is 5.10 Å². The van der Waals surface area contributed by atoms with E-state index in [2.05, 4.69) is 17.3 Å². The van der Waals surface area contributed by atoms with Crippen LogP contribution >= 0.6 is 0 Å². The zero-order chi connectivity index (χ0) is 14.4. The van der Waals surface area contributed by atoms with E-state index in [1.165, 1.54) is 37.4 Å². The number of anilines is 1. The van der Waals surface area contributed by atoms with E-state index in [9.17, 15) is 9.59 Å². The van der Waals surface area contributed by atoms with Crippen molar-refractivity contribution in [3.05, 3.63) is 20.8 Å². The summed E-state index contributed by atoms with van der Waals surface area (Å²) in [6, 6.07) is 0.225. The number of nitrogens with one attached hydrogen (secondary N) is 1. The summed E-state index contributed by atoms with van der Waals surface area (Å²) in [6.45, 7) is 2.12. The van der Waals surface area contributed by atoms with Crippen LogP contribution in [0.2, 0.25) is 0 Å². The van der Waals surface area contributed by atoms with Gasteiger partial charge in [0.2, 0.25) is 5.82 Å². The summed E-state index contributed by atoms with van der Waals surface area (Å²) in [5.74, 6) is 2.58. The molecular weight excluding hydrogens is 256 g/mol. The van der Waals surface area contributed by atoms with Crippen LogP contribution in [0.1, 0.15) is 32.6 Å². The van der Waals surface area contributed by atoms with Gasteiger partial charge in [-0.3, -0.25) is 9.36 Å². The SMILES string of the molecule is CC(Nc1nn(C)c(=O)n(C)c1=O)C1CC2CCC1C2. The fourth-order valence-electron chi connectivity index (χ4n) is 4.02. The number of hydrogen-bond donors (Lipinski definition) is 1. The van der Waals surface area contributed by atoms with Gasteiger partial charge in [-0.1, -0.05) is 6.42 Å². The molecular formula is C14H22N4O2. The van der Waals surface area contributed by atoms with Crippen LogP contribution < -0.4 is 16.6 Å². The normalized spacial score (nSPS) is 29.6. The topological polar surface area (TPSA) is 68.9 Å². The highest BCUT2D eigenvalue weighted by molar-refractivity contribution is 5.31. The molecule has 110 valence electrons. The number of rotatable bonds is 3. The molecule has 2 fully saturated rings. The van der Waals surface area contributed by atoms with Crippen LogP contribution in [-0.4, -0.2) is 20.4 Å². The van der Waals surface area contributed by atoms with Gasteiger partial charge in [0.15, 0.2) is 0 Å². The van der Waals surface area contributed by atoms with Crippen LogP contribution in [0, 0.1) is 17.8 Å². The number of aromatic nitrogens is 3. The van der Waals surface area contributed by atoms with Crippen molar-refractivity contribution in [3.63, 3.8) is 0 Å². The fourth-order valence-corrected chi connectivity index (χ4v) is 4.02. The van der Waals surface area contributed by atoms with Gasteiger partial charge in [0.25, 0.3) is 5.56 Å². The standard InChI is InChI=1S/C14H22N4O2/c1-8(11-7-9-4-5-10(11)6-9)15-12-13(19)17(2)14(20)18(3)16-12/h8-11H,4-7H2,1-3H3,(H,15,16). The van der Waals surface area contributed by atoms with E-state index < -0.39 is 5.69 Å². The van der Waals surface area contributed by atoms with E-state index in [1.807, 2.05) is 0 Å². The highest BCUT2D eigenvalue weighted by Gasteiger charge is 2.42. The lowest BCUT2D eigenvalue weighted by atomic mass is 9.84. The van der Waals surface area contributed by atoms with Crippen LogP contribution in [0.3, 0.4) is 0 Å². The molecule has 0 aromatic carbocycles. The lowest BCUT2D eigenvalue weighted by molar-refractivity contribution is 0.303. The third-order valence-electron chi connectivity index (χ3n) is 5.12. The Morgan fingerprint density at radius 1 is 1.25 bits per heavy atom. The first-order valence-electron chi connectivity index (χ1n) is 7.38. The molecule has 1 heterocycles. The highest BCUT2D eigenvalue weighted by Crippen LogP contribution is 2.49. The van der Waals surface area contributed by atoms with Crippen molar-refractivity contribution in [2.24, 2.45) is 31.8 Å². The third kappa shape index (κ3) is 2.07. The van der Waals surface area contributed by atoms with Crippen molar-refractivity contribution in [2.45, 2.75) is 38.6 Å². The molecule has 0 aliphatic heterocycles. The Bertz CT molecular complexity index is 633. The Morgan fingerprint density at radius 3 is 2.60 bits per heavy atom. The summed E-state index contributed by atoms with van der Waals surface area (Å²) in [6.07, 6.45) is 5.29. The molecule has 2 aliphatic carbocycles. The van der Waals surface area contributed by atoms with E-state index in [0.717, 1.165) is 16.4 Å². The van der Waals surface area contributed by atoms with Crippen molar-refractivity contribution >= 4 is 5.82 Å². The monoisotopic (exact) mass is 278 g/mol. The Balaban J connectivity index is 1.81. The van der Waals surface area contributed by atoms with E-state index in [4.69, 9.17) is 0 Å². The predicted molar refractivity (Wildman–Crippen MR) is 76.7 cm³/mol. The number of hydrogen-bond acceptors (Lipinski definition) is 4. The van der Waals surface area contributed by atoms with Gasteiger partial charge in [-0.2, -0.15) is 0 Å². The van der Waals surface area contributed by atoms with Gasteiger partial charge in [-0.05, 0) is 43.9 Å². The minimum Gasteiger partial charge on any atom is -0.361 e. The summed E-state index contributed by atoms with van der Waals surface area (Å²) in [5, 5.41) is 7.31. The molecule has 20 heavy (non-hydrogen) atoms. The minimum absolute atomic E-state index is 0.225. The lowest BCUT2D eigenvalue weighted by Crippen LogP contribution is -2.42. The maximum Gasteiger partial charge on any atom is 0.346 e. The second-order valence-corrected chi connectivity index (χ2v) is 6.39. The van der Waals surface area contributed by atoms with E-state index in [1.54, 1.807) is 7.05 Å². The predicted octanol–water partition coefficient (Wildman–Crippen LogP) is 0.716. The molecule has 1 aromatic heterocycles. The van der Waals surface area contributed by atoms with Crippen LogP contribution in [0.4, 0.5) is 5.82 Å². The van der Waals surface area contributed by atoms with Crippen LogP contribution in [0.25, 0.3) is 0 Å². The first-order valence-corrected chi connectivity index (χ1v) is 7.38. The number of aryl methyl sites for hydroxylation is 1. The van der Waals surface area contributed by atoms with Crippen molar-refractivity contribution < 1.29 is 0 Å². The summed E-state index contributed by atoms with van der Waals surface area (Å²) in [7, 11) is 3.05. The molecule has 6 heteroatoms. The lowest BCUT2D eigenvalue weighted by Gasteiger charge is -2.28. The molecule has 4 unspecified atom stereocenters. The smallest absolute Gasteiger partial charge is 0.346 e. The summed E-state index contributed by atoms with van der Waals surface area (Å²) in [4.78, 5) is 23.7. The number of nitrogens with zero attached hydrogens (tertiary/aromatic N) is 3. The van der Waals surface area contributed by atoms with Crippen molar-refractivity contribution in [1.82, 2.24) is 14.3 Å². The second kappa shape index (κ2) is 4.75. The summed E-state index contributed by atoms with van der Waals surface area (Å²) < 4.78 is 2.31. The van der Waals surface area contributed by atoms with Crippen LogP contribution in [0.5, 0.6) is 0 Å². The molecule has 0 radical (unpaired) electrons. The average Bonchev–Trinajstić information content (AvgIpc) is 3.05. The quantitative estimate of drug-likeness (QED) is 0.884. The van der Waals surface area contributed by atoms with Gasteiger partial charge in [-0.25, -0.2) is 9.48 Å². The van der Waals surface area contributed by atoms with Crippen molar-refractivity contribution in [3.8, 4) is 0 Å². The van der Waals surface area contributed by atoms with Gasteiger partial charge in [0.05, 0.1) is 0 Å². The van der Waals surface area contributed by atoms with E-state index in [-0.39, 0.29) is 17.4 Å². The maximum absolute atomic E-state index is 12.1. The Labute approximate surface area is 117 Å². The van der Waals surface area contributed by atoms with Crippen LogP contribution in [-0.2, 0) is 14.1 Å². The molecule has 4 atom stereocenters. The molecule has 0 saturated heterocycles. The van der Waals surface area contributed by atoms with Gasteiger partial charge >= 0.3 is 5.69 Å². The van der Waals surface area contributed by atoms with Gasteiger partial charge in [0, 0.05) is 20.1 Å². The van der Waals surface area contributed by atoms with E-state index in [0.29, 0.717) is 5.92 Å². The summed E-state index contributed by atoms with van der Waals surface area (Å²) >= 11 is 0. The van der Waals surface area contributed by atoms with Crippen molar-refractivity contribution in [2.75, 3.05) is 5.32 Å². The first kappa shape index (κ1) is 13.4. The molecule has 3 rings (SSSR count). The van der Waals surface area contributed by atoms with Crippen LogP contribution in [0.15, 0.2) is 9.59 Å². The highest BCUT2D eigenvalue weighted by atomic mass is 16.2. The van der Waals surface area contributed by atoms with E-state index >= 15 is 0 Å². The second-order valence-electron chi connectivity index (χ2n) is 6.39. The minimum atomic E-state index is -0.395. The molecule has 2 bridgehead atoms. The Hall–Kier alpha value is -1.59. The zero-order valence-electron chi connectivity index (χ0n) is 12.3. The molecule has 0 amide bonds. The average molecular weight is 278 g/mol. The first-order chi connectivity index (χ1) is 9.47. The molecule has 1 N–H and O–H groups in total. The van der Waals surface area contributed by atoms with Gasteiger partial charge < -0.3 is 5.32 Å². The molecule has 2 saturated carbocycles. The Morgan fingerprint density at radius 2 is 2.00 bits per heavy atom.